The molecule has 178 valence electrons. The summed E-state index contributed by atoms with van der Waals surface area (Å²) in [5, 5.41) is 6.72. The summed E-state index contributed by atoms with van der Waals surface area (Å²) in [5.41, 5.74) is 2.78. The average molecular weight is 460 g/mol. The summed E-state index contributed by atoms with van der Waals surface area (Å²) in [7, 11) is 0. The highest BCUT2D eigenvalue weighted by atomic mass is 16.1. The van der Waals surface area contributed by atoms with Crippen molar-refractivity contribution in [3.8, 4) is 0 Å². The molecule has 1 saturated heterocycles. The Kier molecular flexibility index (Phi) is 6.34. The maximum absolute atomic E-state index is 12.8. The van der Waals surface area contributed by atoms with E-state index in [0.717, 1.165) is 49.6 Å². The molecular weight excluding hydrogens is 426 g/mol. The Morgan fingerprint density at radius 2 is 2.12 bits per heavy atom. The van der Waals surface area contributed by atoms with Gasteiger partial charge in [0.1, 0.15) is 11.2 Å². The van der Waals surface area contributed by atoms with Gasteiger partial charge in [-0.15, -0.1) is 0 Å². The quantitative estimate of drug-likeness (QED) is 0.317. The number of anilines is 1. The number of aromatic nitrogens is 4. The zero-order valence-corrected chi connectivity index (χ0v) is 19.7. The van der Waals surface area contributed by atoms with Crippen LogP contribution in [0.4, 0.5) is 5.69 Å². The Hall–Kier alpha value is -3.23. The molecule has 3 heterocycles. The van der Waals surface area contributed by atoms with Gasteiger partial charge in [-0.1, -0.05) is 44.6 Å². The lowest BCUT2D eigenvalue weighted by atomic mass is 9.97. The van der Waals surface area contributed by atoms with E-state index in [1.807, 2.05) is 22.9 Å². The van der Waals surface area contributed by atoms with Crippen molar-refractivity contribution < 1.29 is 0 Å². The summed E-state index contributed by atoms with van der Waals surface area (Å²) in [4.78, 5) is 23.3. The topological polar surface area (TPSA) is 96.1 Å². The molecule has 8 nitrogen and oxygen atoms in total. The van der Waals surface area contributed by atoms with Crippen LogP contribution in [0.2, 0.25) is 0 Å². The van der Waals surface area contributed by atoms with Crippen molar-refractivity contribution in [2.75, 3.05) is 18.1 Å². The van der Waals surface area contributed by atoms with Gasteiger partial charge in [-0.2, -0.15) is 5.10 Å². The van der Waals surface area contributed by atoms with Crippen LogP contribution in [0.15, 0.2) is 60.2 Å². The number of nitrogens with two attached hydrogens (primary N) is 1. The molecule has 0 amide bonds. The first kappa shape index (κ1) is 22.6. The first-order valence-electron chi connectivity index (χ1n) is 12.2. The van der Waals surface area contributed by atoms with Gasteiger partial charge < -0.3 is 4.98 Å². The third-order valence-corrected chi connectivity index (χ3v) is 7.19. The Morgan fingerprint density at radius 3 is 2.91 bits per heavy atom. The van der Waals surface area contributed by atoms with Gasteiger partial charge in [0.05, 0.1) is 17.9 Å². The van der Waals surface area contributed by atoms with Crippen LogP contribution in [0.25, 0.3) is 11.0 Å². The van der Waals surface area contributed by atoms with Crippen molar-refractivity contribution in [1.82, 2.24) is 24.6 Å². The first-order chi connectivity index (χ1) is 16.5. The highest BCUT2D eigenvalue weighted by Gasteiger charge is 2.33. The predicted molar refractivity (Wildman–Crippen MR) is 135 cm³/mol. The van der Waals surface area contributed by atoms with Crippen molar-refractivity contribution in [2.45, 2.75) is 51.1 Å². The molecule has 1 aliphatic heterocycles. The molecule has 2 aliphatic rings. The largest absolute Gasteiger partial charge is 0.310 e. The summed E-state index contributed by atoms with van der Waals surface area (Å²) >= 11 is 0. The normalized spacial score (nSPS) is 21.7. The average Bonchev–Trinajstić information content (AvgIpc) is 3.57. The molecule has 34 heavy (non-hydrogen) atoms. The number of nitrogens with zero attached hydrogens (tertiary/aromatic N) is 5. The highest BCUT2D eigenvalue weighted by Crippen LogP contribution is 2.33. The van der Waals surface area contributed by atoms with Crippen LogP contribution in [0.3, 0.4) is 0 Å². The fourth-order valence-electron chi connectivity index (χ4n) is 5.41. The standard InChI is InChI=1S/C26H33N7O/c1-3-4-12-32(27)21-11-7-8-19(13-21)16-31-15-18(2)23(17-31)24-29-25-22(26(34)30-24)14-28-33(25)20-9-5-6-10-20/h3-4,7-8,11-14,18,20,23H,1,5-6,9-10,15-17,27H2,2H3,(H,29,30,34)/b12-4-/t18?,23-/m1/s1. The van der Waals surface area contributed by atoms with Gasteiger partial charge in [0.25, 0.3) is 5.56 Å². The molecular formula is C26H33N7O. The molecule has 1 aliphatic carbocycles. The third kappa shape index (κ3) is 4.43. The van der Waals surface area contributed by atoms with E-state index in [4.69, 9.17) is 10.8 Å². The Morgan fingerprint density at radius 1 is 1.29 bits per heavy atom. The number of allylic oxidation sites excluding steroid dienone is 2. The lowest BCUT2D eigenvalue weighted by Crippen LogP contribution is -2.25. The number of likely N-dealkylation sites (tertiary alicyclic amines) is 1. The molecule has 2 atom stereocenters. The molecule has 0 radical (unpaired) electrons. The van der Waals surface area contributed by atoms with Crippen LogP contribution >= 0.6 is 0 Å². The molecule has 0 spiro atoms. The summed E-state index contributed by atoms with van der Waals surface area (Å²) in [6, 6.07) is 8.61. The summed E-state index contributed by atoms with van der Waals surface area (Å²) in [6.45, 7) is 8.54. The van der Waals surface area contributed by atoms with Gasteiger partial charge in [0.15, 0.2) is 5.65 Å². The predicted octanol–water partition coefficient (Wildman–Crippen LogP) is 3.85. The molecule has 0 bridgehead atoms. The van der Waals surface area contributed by atoms with Crippen LogP contribution in [0.5, 0.6) is 0 Å². The van der Waals surface area contributed by atoms with Gasteiger partial charge in [-0.3, -0.25) is 14.7 Å². The Bertz CT molecular complexity index is 1250. The number of nitrogens with one attached hydrogen (secondary N) is 1. The van der Waals surface area contributed by atoms with Gasteiger partial charge in [0.2, 0.25) is 0 Å². The number of hydrogen-bond donors (Lipinski definition) is 2. The van der Waals surface area contributed by atoms with E-state index in [9.17, 15) is 4.79 Å². The number of hydrogen-bond acceptors (Lipinski definition) is 6. The number of H-pyrrole nitrogens is 1. The van der Waals surface area contributed by atoms with Crippen LogP contribution in [0.1, 0.15) is 56.0 Å². The van der Waals surface area contributed by atoms with E-state index in [2.05, 4.69) is 40.6 Å². The molecule has 3 N–H and O–H groups in total. The number of aromatic amines is 1. The minimum atomic E-state index is -0.0850. The van der Waals surface area contributed by atoms with Crippen LogP contribution in [-0.2, 0) is 6.54 Å². The zero-order chi connectivity index (χ0) is 23.7. The minimum Gasteiger partial charge on any atom is -0.310 e. The smallest absolute Gasteiger partial charge is 0.262 e. The van der Waals surface area contributed by atoms with E-state index in [-0.39, 0.29) is 11.5 Å². The van der Waals surface area contributed by atoms with Crippen molar-refractivity contribution in [3.63, 3.8) is 0 Å². The molecule has 1 unspecified atom stereocenters. The van der Waals surface area contributed by atoms with Crippen LogP contribution < -0.4 is 16.4 Å². The van der Waals surface area contributed by atoms with E-state index in [1.165, 1.54) is 18.4 Å². The molecule has 1 saturated carbocycles. The number of rotatable bonds is 7. The Balaban J connectivity index is 1.35. The fourth-order valence-corrected chi connectivity index (χ4v) is 5.41. The van der Waals surface area contributed by atoms with Gasteiger partial charge >= 0.3 is 0 Å². The van der Waals surface area contributed by atoms with E-state index >= 15 is 0 Å². The third-order valence-electron chi connectivity index (χ3n) is 7.19. The summed E-state index contributed by atoms with van der Waals surface area (Å²) in [6.07, 6.45) is 11.6. The van der Waals surface area contributed by atoms with Crippen LogP contribution in [-0.4, -0.2) is 37.7 Å². The monoisotopic (exact) mass is 459 g/mol. The lowest BCUT2D eigenvalue weighted by molar-refractivity contribution is 0.318. The highest BCUT2D eigenvalue weighted by molar-refractivity contribution is 5.73. The maximum atomic E-state index is 12.8. The molecule has 2 aromatic heterocycles. The first-order valence-corrected chi connectivity index (χ1v) is 12.2. The van der Waals surface area contributed by atoms with Crippen molar-refractivity contribution in [2.24, 2.45) is 11.8 Å². The number of fused-ring (bicyclic) bond motifs is 1. The van der Waals surface area contributed by atoms with E-state index in [1.54, 1.807) is 23.5 Å². The molecule has 8 heteroatoms. The molecule has 3 aromatic rings. The lowest BCUT2D eigenvalue weighted by Gasteiger charge is -2.18. The van der Waals surface area contributed by atoms with E-state index in [0.29, 0.717) is 17.3 Å². The van der Waals surface area contributed by atoms with Gasteiger partial charge in [0, 0.05) is 31.8 Å². The fraction of sp³-hybridized carbons (Fsp3) is 0.423. The van der Waals surface area contributed by atoms with Gasteiger partial charge in [-0.25, -0.2) is 15.5 Å². The second-order valence-corrected chi connectivity index (χ2v) is 9.65. The zero-order valence-electron chi connectivity index (χ0n) is 19.7. The minimum absolute atomic E-state index is 0.0850. The number of benzene rings is 1. The summed E-state index contributed by atoms with van der Waals surface area (Å²) < 4.78 is 1.99. The Labute approximate surface area is 199 Å². The van der Waals surface area contributed by atoms with Crippen molar-refractivity contribution in [3.05, 3.63) is 77.1 Å². The SMILES string of the molecule is C=C/C=C\N(N)c1cccc(CN2CC(C)[C@H](c3nc4c(cnn4C4CCCC4)c(=O)[nH]3)C2)c1. The van der Waals surface area contributed by atoms with Crippen LogP contribution in [0, 0.1) is 5.92 Å². The van der Waals surface area contributed by atoms with Gasteiger partial charge in [-0.05, 0) is 42.5 Å². The van der Waals surface area contributed by atoms with E-state index < -0.39 is 0 Å². The summed E-state index contributed by atoms with van der Waals surface area (Å²) in [5.74, 6) is 7.46. The molecule has 2 fully saturated rings. The number of hydrazine groups is 1. The second-order valence-electron chi connectivity index (χ2n) is 9.65. The molecule has 5 rings (SSSR count). The second kappa shape index (κ2) is 9.56. The maximum Gasteiger partial charge on any atom is 0.262 e. The molecule has 1 aromatic carbocycles. The van der Waals surface area contributed by atoms with Crippen molar-refractivity contribution >= 4 is 16.7 Å². The van der Waals surface area contributed by atoms with Crippen molar-refractivity contribution in [1.29, 1.82) is 0 Å².